The summed E-state index contributed by atoms with van der Waals surface area (Å²) in [5.74, 6) is 0.240. The lowest BCUT2D eigenvalue weighted by Crippen LogP contribution is -2.15. The summed E-state index contributed by atoms with van der Waals surface area (Å²) in [6.07, 6.45) is 0.281. The van der Waals surface area contributed by atoms with Crippen LogP contribution in [0.5, 0.6) is 0 Å². The molecule has 1 amide bonds. The number of hydrogen-bond donors (Lipinski definition) is 1. The highest BCUT2D eigenvalue weighted by Gasteiger charge is 2.05. The van der Waals surface area contributed by atoms with Crippen molar-refractivity contribution in [2.75, 3.05) is 5.32 Å². The Labute approximate surface area is 118 Å². The highest BCUT2D eigenvalue weighted by atomic mass is 79.9. The molecule has 2 aromatic rings. The molecule has 92 valence electrons. The van der Waals surface area contributed by atoms with Gasteiger partial charge in [0.2, 0.25) is 5.91 Å². The molecule has 4 nitrogen and oxygen atoms in total. The zero-order valence-corrected chi connectivity index (χ0v) is 11.6. The van der Waals surface area contributed by atoms with Crippen LogP contribution in [0.1, 0.15) is 5.56 Å². The Morgan fingerprint density at radius 3 is 2.78 bits per heavy atom. The van der Waals surface area contributed by atoms with Gasteiger partial charge in [-0.1, -0.05) is 39.7 Å². The van der Waals surface area contributed by atoms with E-state index in [0.29, 0.717) is 11.0 Å². The number of aromatic nitrogens is 2. The molecule has 0 spiro atoms. The number of carbonyl (C=O) groups excluding carboxylic acids is 1. The largest absolute Gasteiger partial charge is 0.309 e. The van der Waals surface area contributed by atoms with E-state index in [9.17, 15) is 4.79 Å². The topological polar surface area (TPSA) is 54.9 Å². The zero-order valence-electron chi connectivity index (χ0n) is 9.23. The standard InChI is InChI=1S/C12H9BrClN3O/c13-9-3-1-2-8(6-9)7-12(18)15-11-5-4-10(14)16-17-11/h1-6H,7H2,(H,15,17,18). The van der Waals surface area contributed by atoms with Crippen LogP contribution in [0, 0.1) is 0 Å². The summed E-state index contributed by atoms with van der Waals surface area (Å²) in [6.45, 7) is 0. The first-order chi connectivity index (χ1) is 8.63. The molecule has 0 aliphatic heterocycles. The van der Waals surface area contributed by atoms with E-state index in [0.717, 1.165) is 10.0 Å². The van der Waals surface area contributed by atoms with Crippen molar-refractivity contribution in [1.29, 1.82) is 0 Å². The number of hydrogen-bond acceptors (Lipinski definition) is 3. The van der Waals surface area contributed by atoms with Crippen molar-refractivity contribution >= 4 is 39.3 Å². The molecule has 0 bridgehead atoms. The fourth-order valence-corrected chi connectivity index (χ4v) is 1.95. The lowest BCUT2D eigenvalue weighted by Gasteiger charge is -2.04. The molecule has 0 saturated heterocycles. The molecule has 2 rings (SSSR count). The molecule has 0 aliphatic carbocycles. The van der Waals surface area contributed by atoms with Crippen LogP contribution < -0.4 is 5.32 Å². The maximum atomic E-state index is 11.8. The smallest absolute Gasteiger partial charge is 0.229 e. The lowest BCUT2D eigenvalue weighted by atomic mass is 10.1. The van der Waals surface area contributed by atoms with Gasteiger partial charge < -0.3 is 5.32 Å². The van der Waals surface area contributed by atoms with Gasteiger partial charge in [-0.05, 0) is 29.8 Å². The summed E-state index contributed by atoms with van der Waals surface area (Å²) >= 11 is 8.96. The molecule has 1 N–H and O–H groups in total. The summed E-state index contributed by atoms with van der Waals surface area (Å²) in [5.41, 5.74) is 0.920. The minimum absolute atomic E-state index is 0.148. The van der Waals surface area contributed by atoms with Gasteiger partial charge in [0.15, 0.2) is 11.0 Å². The van der Waals surface area contributed by atoms with Gasteiger partial charge >= 0.3 is 0 Å². The summed E-state index contributed by atoms with van der Waals surface area (Å²) < 4.78 is 0.944. The highest BCUT2D eigenvalue weighted by Crippen LogP contribution is 2.13. The Balaban J connectivity index is 1.98. The number of nitrogens with zero attached hydrogens (tertiary/aromatic N) is 2. The molecule has 18 heavy (non-hydrogen) atoms. The van der Waals surface area contributed by atoms with Crippen LogP contribution in [-0.2, 0) is 11.2 Å². The molecular weight excluding hydrogens is 318 g/mol. The number of amides is 1. The Bertz CT molecular complexity index is 560. The Morgan fingerprint density at radius 1 is 1.28 bits per heavy atom. The second kappa shape index (κ2) is 5.93. The van der Waals surface area contributed by atoms with Crippen molar-refractivity contribution in [3.8, 4) is 0 Å². The molecule has 1 aromatic carbocycles. The second-order valence-corrected chi connectivity index (χ2v) is 4.90. The molecule has 0 aliphatic rings. The minimum Gasteiger partial charge on any atom is -0.309 e. The third-order valence-electron chi connectivity index (χ3n) is 2.15. The van der Waals surface area contributed by atoms with Gasteiger partial charge in [0.05, 0.1) is 6.42 Å². The summed E-state index contributed by atoms with van der Waals surface area (Å²) in [4.78, 5) is 11.8. The molecule has 6 heteroatoms. The van der Waals surface area contributed by atoms with Gasteiger partial charge in [-0.2, -0.15) is 0 Å². The summed E-state index contributed by atoms with van der Waals surface area (Å²) in [6, 6.07) is 10.8. The summed E-state index contributed by atoms with van der Waals surface area (Å²) in [7, 11) is 0. The maximum absolute atomic E-state index is 11.8. The van der Waals surface area contributed by atoms with Crippen LogP contribution in [-0.4, -0.2) is 16.1 Å². The first-order valence-electron chi connectivity index (χ1n) is 5.17. The van der Waals surface area contributed by atoms with Crippen LogP contribution in [0.2, 0.25) is 5.15 Å². The van der Waals surface area contributed by atoms with E-state index in [1.807, 2.05) is 24.3 Å². The fraction of sp³-hybridized carbons (Fsp3) is 0.0833. The average Bonchev–Trinajstić information content (AvgIpc) is 2.32. The van der Waals surface area contributed by atoms with E-state index in [1.54, 1.807) is 12.1 Å². The molecule has 0 radical (unpaired) electrons. The van der Waals surface area contributed by atoms with E-state index in [-0.39, 0.29) is 12.3 Å². The van der Waals surface area contributed by atoms with Gasteiger partial charge in [-0.25, -0.2) is 0 Å². The molecule has 0 atom stereocenters. The van der Waals surface area contributed by atoms with E-state index in [1.165, 1.54) is 0 Å². The molecule has 1 heterocycles. The van der Waals surface area contributed by atoms with Gasteiger partial charge in [-0.15, -0.1) is 10.2 Å². The minimum atomic E-state index is -0.148. The third-order valence-corrected chi connectivity index (χ3v) is 2.85. The summed E-state index contributed by atoms with van der Waals surface area (Å²) in [5, 5.41) is 10.3. The Morgan fingerprint density at radius 2 is 2.11 bits per heavy atom. The molecule has 0 fully saturated rings. The average molecular weight is 327 g/mol. The van der Waals surface area contributed by atoms with E-state index in [2.05, 4.69) is 31.4 Å². The van der Waals surface area contributed by atoms with E-state index in [4.69, 9.17) is 11.6 Å². The van der Waals surface area contributed by atoms with Gasteiger partial charge in [0.1, 0.15) is 0 Å². The van der Waals surface area contributed by atoms with Crippen molar-refractivity contribution in [3.63, 3.8) is 0 Å². The third kappa shape index (κ3) is 3.78. The number of benzene rings is 1. The van der Waals surface area contributed by atoms with Crippen molar-refractivity contribution in [1.82, 2.24) is 10.2 Å². The number of nitrogens with one attached hydrogen (secondary N) is 1. The van der Waals surface area contributed by atoms with Crippen molar-refractivity contribution in [2.45, 2.75) is 6.42 Å². The number of halogens is 2. The van der Waals surface area contributed by atoms with Crippen LogP contribution in [0.3, 0.4) is 0 Å². The van der Waals surface area contributed by atoms with Crippen molar-refractivity contribution < 1.29 is 4.79 Å². The number of anilines is 1. The Hall–Kier alpha value is -1.46. The van der Waals surface area contributed by atoms with Crippen LogP contribution >= 0.6 is 27.5 Å². The van der Waals surface area contributed by atoms with Gasteiger partial charge in [0.25, 0.3) is 0 Å². The maximum Gasteiger partial charge on any atom is 0.229 e. The van der Waals surface area contributed by atoms with Gasteiger partial charge in [-0.3, -0.25) is 4.79 Å². The van der Waals surface area contributed by atoms with E-state index >= 15 is 0 Å². The number of carbonyl (C=O) groups is 1. The van der Waals surface area contributed by atoms with Crippen molar-refractivity contribution in [2.24, 2.45) is 0 Å². The fourth-order valence-electron chi connectivity index (χ4n) is 1.40. The second-order valence-electron chi connectivity index (χ2n) is 3.60. The first-order valence-corrected chi connectivity index (χ1v) is 6.34. The first kappa shape index (κ1) is 13.0. The number of rotatable bonds is 3. The molecule has 0 unspecified atom stereocenters. The molecule has 1 aromatic heterocycles. The predicted octanol–water partition coefficient (Wildman–Crippen LogP) is 3.07. The van der Waals surface area contributed by atoms with Crippen LogP contribution in [0.4, 0.5) is 5.82 Å². The van der Waals surface area contributed by atoms with Crippen LogP contribution in [0.25, 0.3) is 0 Å². The Kier molecular flexibility index (Phi) is 4.28. The van der Waals surface area contributed by atoms with Gasteiger partial charge in [0, 0.05) is 4.47 Å². The normalized spacial score (nSPS) is 10.1. The molecular formula is C12H9BrClN3O. The SMILES string of the molecule is O=C(Cc1cccc(Br)c1)Nc1ccc(Cl)nn1. The predicted molar refractivity (Wildman–Crippen MR) is 73.5 cm³/mol. The van der Waals surface area contributed by atoms with E-state index < -0.39 is 0 Å². The quantitative estimate of drug-likeness (QED) is 0.943. The zero-order chi connectivity index (χ0) is 13.0. The highest BCUT2D eigenvalue weighted by molar-refractivity contribution is 9.10. The molecule has 0 saturated carbocycles. The van der Waals surface area contributed by atoms with Crippen molar-refractivity contribution in [3.05, 3.63) is 51.6 Å². The lowest BCUT2D eigenvalue weighted by molar-refractivity contribution is -0.115. The monoisotopic (exact) mass is 325 g/mol. The van der Waals surface area contributed by atoms with Crippen LogP contribution in [0.15, 0.2) is 40.9 Å².